The Bertz CT molecular complexity index is 382. The highest BCUT2D eigenvalue weighted by Gasteiger charge is 2.16. The van der Waals surface area contributed by atoms with Crippen LogP contribution in [-0.4, -0.2) is 20.3 Å². The Morgan fingerprint density at radius 3 is 2.72 bits per heavy atom. The zero-order valence-electron chi connectivity index (χ0n) is 11.2. The highest BCUT2D eigenvalue weighted by molar-refractivity contribution is 9.10. The Morgan fingerprint density at radius 2 is 2.11 bits per heavy atom. The van der Waals surface area contributed by atoms with Crippen LogP contribution in [-0.2, 0) is 11.3 Å². The molecule has 0 aliphatic carbocycles. The van der Waals surface area contributed by atoms with Crippen LogP contribution in [0, 0.1) is 5.41 Å². The molecule has 0 saturated heterocycles. The van der Waals surface area contributed by atoms with Crippen molar-refractivity contribution >= 4 is 27.5 Å². The largest absolute Gasteiger partial charge is 0.385 e. The monoisotopic (exact) mass is 333 g/mol. The number of hydrogen-bond donors (Lipinski definition) is 1. The number of ether oxygens (including phenoxy) is 1. The molecule has 0 amide bonds. The fourth-order valence-corrected chi connectivity index (χ4v) is 2.41. The van der Waals surface area contributed by atoms with E-state index in [1.165, 1.54) is 0 Å². The molecule has 0 atom stereocenters. The summed E-state index contributed by atoms with van der Waals surface area (Å²) in [5, 5.41) is 4.25. The van der Waals surface area contributed by atoms with E-state index in [1.807, 2.05) is 18.2 Å². The van der Waals surface area contributed by atoms with Crippen LogP contribution < -0.4 is 5.32 Å². The number of hydrogen-bond acceptors (Lipinski definition) is 2. The number of halogens is 2. The molecule has 18 heavy (non-hydrogen) atoms. The van der Waals surface area contributed by atoms with Crippen LogP contribution in [0.25, 0.3) is 0 Å². The van der Waals surface area contributed by atoms with Crippen LogP contribution in [0.2, 0.25) is 5.02 Å². The fourth-order valence-electron chi connectivity index (χ4n) is 1.67. The van der Waals surface area contributed by atoms with E-state index in [-0.39, 0.29) is 5.41 Å². The average Bonchev–Trinajstić information content (AvgIpc) is 2.29. The molecule has 0 heterocycles. The number of benzene rings is 1. The van der Waals surface area contributed by atoms with Crippen molar-refractivity contribution in [2.24, 2.45) is 5.41 Å². The first-order chi connectivity index (χ1) is 8.44. The van der Waals surface area contributed by atoms with Crippen molar-refractivity contribution in [1.82, 2.24) is 5.32 Å². The topological polar surface area (TPSA) is 21.3 Å². The van der Waals surface area contributed by atoms with Gasteiger partial charge >= 0.3 is 0 Å². The number of rotatable bonds is 7. The fraction of sp³-hybridized carbons (Fsp3) is 0.571. The first-order valence-electron chi connectivity index (χ1n) is 6.08. The third-order valence-corrected chi connectivity index (χ3v) is 3.76. The van der Waals surface area contributed by atoms with Crippen LogP contribution in [0.5, 0.6) is 0 Å². The predicted octanol–water partition coefficient (Wildman–Crippen LogP) is 4.25. The Morgan fingerprint density at radius 1 is 1.39 bits per heavy atom. The summed E-state index contributed by atoms with van der Waals surface area (Å²) < 4.78 is 6.13. The maximum absolute atomic E-state index is 6.17. The molecule has 0 aliphatic rings. The molecule has 0 aliphatic heterocycles. The number of methoxy groups -OCH3 is 1. The molecule has 0 saturated carbocycles. The molecule has 4 heteroatoms. The van der Waals surface area contributed by atoms with E-state index in [1.54, 1.807) is 7.11 Å². The van der Waals surface area contributed by atoms with E-state index < -0.39 is 0 Å². The SMILES string of the molecule is COCCC(C)(C)CNCc1ccc(Br)cc1Cl. The molecule has 0 bridgehead atoms. The van der Waals surface area contributed by atoms with Gasteiger partial charge in [0.15, 0.2) is 0 Å². The van der Waals surface area contributed by atoms with Crippen molar-refractivity contribution in [2.75, 3.05) is 20.3 Å². The molecule has 1 aromatic carbocycles. The van der Waals surface area contributed by atoms with Gasteiger partial charge in [0.2, 0.25) is 0 Å². The molecule has 0 unspecified atom stereocenters. The Balaban J connectivity index is 2.41. The van der Waals surface area contributed by atoms with Crippen molar-refractivity contribution in [2.45, 2.75) is 26.8 Å². The van der Waals surface area contributed by atoms with Gasteiger partial charge in [-0.2, -0.15) is 0 Å². The van der Waals surface area contributed by atoms with Gasteiger partial charge in [-0.1, -0.05) is 47.4 Å². The second kappa shape index (κ2) is 7.49. The molecule has 0 aromatic heterocycles. The molecule has 1 rings (SSSR count). The van der Waals surface area contributed by atoms with E-state index in [4.69, 9.17) is 16.3 Å². The van der Waals surface area contributed by atoms with Crippen molar-refractivity contribution in [3.63, 3.8) is 0 Å². The lowest BCUT2D eigenvalue weighted by Crippen LogP contribution is -2.30. The van der Waals surface area contributed by atoms with Gasteiger partial charge in [-0.3, -0.25) is 0 Å². The highest BCUT2D eigenvalue weighted by atomic mass is 79.9. The minimum absolute atomic E-state index is 0.234. The summed E-state index contributed by atoms with van der Waals surface area (Å²) in [6.07, 6.45) is 1.05. The van der Waals surface area contributed by atoms with Crippen molar-refractivity contribution < 1.29 is 4.74 Å². The summed E-state index contributed by atoms with van der Waals surface area (Å²) in [5.41, 5.74) is 1.36. The van der Waals surface area contributed by atoms with Crippen molar-refractivity contribution in [3.05, 3.63) is 33.3 Å². The first-order valence-corrected chi connectivity index (χ1v) is 7.25. The van der Waals surface area contributed by atoms with Gasteiger partial charge in [0.05, 0.1) is 0 Å². The van der Waals surface area contributed by atoms with E-state index in [0.29, 0.717) is 0 Å². The molecule has 1 aromatic rings. The average molecular weight is 335 g/mol. The van der Waals surface area contributed by atoms with E-state index >= 15 is 0 Å². The Hall–Kier alpha value is -0.0900. The Kier molecular flexibility index (Phi) is 6.64. The molecule has 2 nitrogen and oxygen atoms in total. The van der Waals surface area contributed by atoms with Gasteiger partial charge in [0.1, 0.15) is 0 Å². The first kappa shape index (κ1) is 16.0. The van der Waals surface area contributed by atoms with Gasteiger partial charge in [0.25, 0.3) is 0 Å². The minimum Gasteiger partial charge on any atom is -0.385 e. The maximum atomic E-state index is 6.17. The van der Waals surface area contributed by atoms with E-state index in [2.05, 4.69) is 35.1 Å². The van der Waals surface area contributed by atoms with Gasteiger partial charge in [-0.25, -0.2) is 0 Å². The molecule has 0 fully saturated rings. The third kappa shape index (κ3) is 5.70. The van der Waals surface area contributed by atoms with Gasteiger partial charge in [-0.15, -0.1) is 0 Å². The summed E-state index contributed by atoms with van der Waals surface area (Å²) in [6, 6.07) is 5.98. The third-order valence-electron chi connectivity index (χ3n) is 2.92. The predicted molar refractivity (Wildman–Crippen MR) is 81.1 cm³/mol. The summed E-state index contributed by atoms with van der Waals surface area (Å²) in [5.74, 6) is 0. The lowest BCUT2D eigenvalue weighted by molar-refractivity contribution is 0.150. The smallest absolute Gasteiger partial charge is 0.0467 e. The lowest BCUT2D eigenvalue weighted by Gasteiger charge is -2.24. The van der Waals surface area contributed by atoms with Gasteiger partial charge < -0.3 is 10.1 Å². The molecular weight excluding hydrogens is 314 g/mol. The quantitative estimate of drug-likeness (QED) is 0.804. The lowest BCUT2D eigenvalue weighted by atomic mass is 9.89. The zero-order valence-corrected chi connectivity index (χ0v) is 13.6. The highest BCUT2D eigenvalue weighted by Crippen LogP contribution is 2.22. The zero-order chi connectivity index (χ0) is 13.6. The molecule has 1 N–H and O–H groups in total. The molecular formula is C14H21BrClNO. The van der Waals surface area contributed by atoms with E-state index in [0.717, 1.165) is 41.2 Å². The molecule has 102 valence electrons. The van der Waals surface area contributed by atoms with Crippen molar-refractivity contribution in [1.29, 1.82) is 0 Å². The Labute approximate surface area is 123 Å². The summed E-state index contributed by atoms with van der Waals surface area (Å²) in [4.78, 5) is 0. The second-order valence-corrected chi connectivity index (χ2v) is 6.57. The van der Waals surface area contributed by atoms with Crippen LogP contribution in [0.1, 0.15) is 25.8 Å². The normalized spacial score (nSPS) is 11.8. The number of nitrogens with one attached hydrogen (secondary N) is 1. The minimum atomic E-state index is 0.234. The summed E-state index contributed by atoms with van der Waals surface area (Å²) >= 11 is 9.58. The molecule has 0 spiro atoms. The maximum Gasteiger partial charge on any atom is 0.0467 e. The van der Waals surface area contributed by atoms with Gasteiger partial charge in [0, 0.05) is 36.3 Å². The van der Waals surface area contributed by atoms with Crippen LogP contribution in [0.3, 0.4) is 0 Å². The standard InChI is InChI=1S/C14H21BrClNO/c1-14(2,6-7-18-3)10-17-9-11-4-5-12(15)8-13(11)16/h4-5,8,17H,6-7,9-10H2,1-3H3. The van der Waals surface area contributed by atoms with E-state index in [9.17, 15) is 0 Å². The molecule has 0 radical (unpaired) electrons. The van der Waals surface area contributed by atoms with Gasteiger partial charge in [-0.05, 0) is 29.5 Å². The van der Waals surface area contributed by atoms with Crippen LogP contribution >= 0.6 is 27.5 Å². The van der Waals surface area contributed by atoms with Crippen LogP contribution in [0.4, 0.5) is 0 Å². The summed E-state index contributed by atoms with van der Waals surface area (Å²) in [6.45, 7) is 7.02. The second-order valence-electron chi connectivity index (χ2n) is 5.25. The summed E-state index contributed by atoms with van der Waals surface area (Å²) in [7, 11) is 1.74. The van der Waals surface area contributed by atoms with Crippen LogP contribution in [0.15, 0.2) is 22.7 Å². The van der Waals surface area contributed by atoms with Crippen molar-refractivity contribution in [3.8, 4) is 0 Å².